The van der Waals surface area contributed by atoms with E-state index in [1.165, 1.54) is 7.05 Å². The summed E-state index contributed by atoms with van der Waals surface area (Å²) >= 11 is 0. The molecule has 0 radical (unpaired) electrons. The van der Waals surface area contributed by atoms with E-state index in [4.69, 9.17) is 5.11 Å². The Labute approximate surface area is 111 Å². The smallest absolute Gasteiger partial charge is 0.330 e. The first-order valence-electron chi connectivity index (χ1n) is 5.82. The minimum Gasteiger partial charge on any atom is -0.479 e. The van der Waals surface area contributed by atoms with E-state index in [1.807, 2.05) is 0 Å². The zero-order chi connectivity index (χ0) is 14.4. The molecule has 1 rings (SSSR count). The molecule has 0 bridgehead atoms. The number of imide groups is 1. The van der Waals surface area contributed by atoms with Gasteiger partial charge in [-0.05, 0) is 5.56 Å². The molecule has 3 amide bonds. The number of hydrogen-bond acceptors (Lipinski definition) is 3. The molecule has 1 atom stereocenters. The van der Waals surface area contributed by atoms with Gasteiger partial charge in [0.25, 0.3) is 0 Å². The SMILES string of the molecule is CCC(=O)N(C)C(=O)NC(C(=O)O)c1ccccc1. The van der Waals surface area contributed by atoms with E-state index in [9.17, 15) is 14.4 Å². The maximum atomic E-state index is 11.8. The van der Waals surface area contributed by atoms with Crippen molar-refractivity contribution in [3.63, 3.8) is 0 Å². The van der Waals surface area contributed by atoms with Crippen LogP contribution in [0.1, 0.15) is 24.9 Å². The summed E-state index contributed by atoms with van der Waals surface area (Å²) in [5.41, 5.74) is 0.445. The number of carboxylic acid groups (broad SMARTS) is 1. The molecule has 0 saturated carbocycles. The Hall–Kier alpha value is -2.37. The van der Waals surface area contributed by atoms with E-state index in [-0.39, 0.29) is 12.3 Å². The lowest BCUT2D eigenvalue weighted by atomic mass is 10.1. The van der Waals surface area contributed by atoms with Gasteiger partial charge in [0.2, 0.25) is 5.91 Å². The van der Waals surface area contributed by atoms with Gasteiger partial charge in [0.1, 0.15) is 0 Å². The zero-order valence-corrected chi connectivity index (χ0v) is 10.8. The fraction of sp³-hybridized carbons (Fsp3) is 0.308. The first-order chi connectivity index (χ1) is 8.97. The third-order valence-electron chi connectivity index (χ3n) is 2.63. The van der Waals surface area contributed by atoms with Crippen LogP contribution < -0.4 is 5.32 Å². The van der Waals surface area contributed by atoms with E-state index in [2.05, 4.69) is 5.32 Å². The standard InChI is InChI=1S/C13H16N2O4/c1-3-10(16)15(2)13(19)14-11(12(17)18)9-7-5-4-6-8-9/h4-8,11H,3H2,1-2H3,(H,14,19)(H,17,18). The van der Waals surface area contributed by atoms with E-state index in [0.29, 0.717) is 5.56 Å². The van der Waals surface area contributed by atoms with Gasteiger partial charge in [0.05, 0.1) is 0 Å². The van der Waals surface area contributed by atoms with Gasteiger partial charge in [0.15, 0.2) is 6.04 Å². The largest absolute Gasteiger partial charge is 0.479 e. The highest BCUT2D eigenvalue weighted by Crippen LogP contribution is 2.13. The van der Waals surface area contributed by atoms with Crippen LogP contribution in [0.15, 0.2) is 30.3 Å². The second-order valence-corrected chi connectivity index (χ2v) is 3.94. The van der Waals surface area contributed by atoms with Crippen molar-refractivity contribution >= 4 is 17.9 Å². The van der Waals surface area contributed by atoms with Gasteiger partial charge in [-0.15, -0.1) is 0 Å². The number of hydrogen-bond donors (Lipinski definition) is 2. The van der Waals surface area contributed by atoms with Crippen molar-refractivity contribution in [2.45, 2.75) is 19.4 Å². The van der Waals surface area contributed by atoms with E-state index < -0.39 is 18.0 Å². The van der Waals surface area contributed by atoms with Crippen LogP contribution in [0, 0.1) is 0 Å². The van der Waals surface area contributed by atoms with Crippen molar-refractivity contribution in [2.75, 3.05) is 7.05 Å². The zero-order valence-electron chi connectivity index (χ0n) is 10.8. The van der Waals surface area contributed by atoms with Crippen LogP contribution in [-0.2, 0) is 9.59 Å². The minimum absolute atomic E-state index is 0.174. The average molecular weight is 264 g/mol. The van der Waals surface area contributed by atoms with Gasteiger partial charge in [-0.1, -0.05) is 37.3 Å². The Morgan fingerprint density at radius 2 is 1.84 bits per heavy atom. The molecule has 6 heteroatoms. The first-order valence-corrected chi connectivity index (χ1v) is 5.82. The monoisotopic (exact) mass is 264 g/mol. The van der Waals surface area contributed by atoms with Crippen molar-refractivity contribution in [3.05, 3.63) is 35.9 Å². The van der Waals surface area contributed by atoms with Crippen molar-refractivity contribution in [1.82, 2.24) is 10.2 Å². The fourth-order valence-electron chi connectivity index (χ4n) is 1.50. The Balaban J connectivity index is 2.84. The summed E-state index contributed by atoms with van der Waals surface area (Å²) < 4.78 is 0. The molecule has 0 fully saturated rings. The number of carbonyl (C=O) groups excluding carboxylic acids is 2. The predicted molar refractivity (Wildman–Crippen MR) is 68.4 cm³/mol. The molecular weight excluding hydrogens is 248 g/mol. The molecule has 102 valence electrons. The third-order valence-corrected chi connectivity index (χ3v) is 2.63. The number of carboxylic acids is 1. The lowest BCUT2D eigenvalue weighted by Crippen LogP contribution is -2.44. The van der Waals surface area contributed by atoms with Crippen molar-refractivity contribution in [2.24, 2.45) is 0 Å². The van der Waals surface area contributed by atoms with E-state index in [1.54, 1.807) is 37.3 Å². The summed E-state index contributed by atoms with van der Waals surface area (Å²) in [5, 5.41) is 11.4. The second kappa shape index (κ2) is 6.53. The van der Waals surface area contributed by atoms with Crippen molar-refractivity contribution in [1.29, 1.82) is 0 Å². The first kappa shape index (κ1) is 14.7. The Morgan fingerprint density at radius 1 is 1.26 bits per heavy atom. The molecule has 1 aromatic rings. The molecular formula is C13H16N2O4. The Bertz CT molecular complexity index is 473. The number of amides is 3. The van der Waals surface area contributed by atoms with Gasteiger partial charge in [-0.2, -0.15) is 0 Å². The Morgan fingerprint density at radius 3 is 2.32 bits per heavy atom. The molecule has 0 spiro atoms. The number of aliphatic carboxylic acids is 1. The predicted octanol–water partition coefficient (Wildman–Crippen LogP) is 1.39. The lowest BCUT2D eigenvalue weighted by molar-refractivity contribution is -0.139. The van der Waals surface area contributed by atoms with Crippen molar-refractivity contribution in [3.8, 4) is 0 Å². The number of urea groups is 1. The topological polar surface area (TPSA) is 86.7 Å². The quantitative estimate of drug-likeness (QED) is 0.860. The highest BCUT2D eigenvalue weighted by atomic mass is 16.4. The summed E-state index contributed by atoms with van der Waals surface area (Å²) in [6.07, 6.45) is 0.174. The molecule has 0 aromatic heterocycles. The highest BCUT2D eigenvalue weighted by molar-refractivity contribution is 5.95. The van der Waals surface area contributed by atoms with E-state index >= 15 is 0 Å². The van der Waals surface area contributed by atoms with Crippen LogP contribution in [0.3, 0.4) is 0 Å². The van der Waals surface area contributed by atoms with Crippen molar-refractivity contribution < 1.29 is 19.5 Å². The summed E-state index contributed by atoms with van der Waals surface area (Å²) in [5.74, 6) is -1.56. The summed E-state index contributed by atoms with van der Waals surface area (Å²) in [4.78, 5) is 35.2. The summed E-state index contributed by atoms with van der Waals surface area (Å²) in [7, 11) is 1.31. The number of benzene rings is 1. The van der Waals surface area contributed by atoms with Gasteiger partial charge < -0.3 is 10.4 Å². The maximum absolute atomic E-state index is 11.8. The summed E-state index contributed by atoms with van der Waals surface area (Å²) in [6, 6.07) is 6.39. The molecule has 19 heavy (non-hydrogen) atoms. The van der Waals surface area contributed by atoms with Gasteiger partial charge in [-0.3, -0.25) is 9.69 Å². The molecule has 0 aliphatic carbocycles. The van der Waals surface area contributed by atoms with Crippen LogP contribution in [0.5, 0.6) is 0 Å². The lowest BCUT2D eigenvalue weighted by Gasteiger charge is -2.20. The highest BCUT2D eigenvalue weighted by Gasteiger charge is 2.25. The molecule has 1 unspecified atom stereocenters. The third kappa shape index (κ3) is 3.80. The maximum Gasteiger partial charge on any atom is 0.330 e. The number of nitrogens with one attached hydrogen (secondary N) is 1. The number of rotatable bonds is 4. The molecule has 0 aliphatic heterocycles. The van der Waals surface area contributed by atoms with Crippen LogP contribution in [0.4, 0.5) is 4.79 Å². The van der Waals surface area contributed by atoms with Crippen LogP contribution in [0.25, 0.3) is 0 Å². The van der Waals surface area contributed by atoms with E-state index in [0.717, 1.165) is 4.90 Å². The molecule has 1 aromatic carbocycles. The summed E-state index contributed by atoms with van der Waals surface area (Å²) in [6.45, 7) is 1.62. The molecule has 0 heterocycles. The molecule has 0 aliphatic rings. The fourth-order valence-corrected chi connectivity index (χ4v) is 1.50. The number of carbonyl (C=O) groups is 3. The van der Waals surface area contributed by atoms with Gasteiger partial charge in [-0.25, -0.2) is 9.59 Å². The van der Waals surface area contributed by atoms with Crippen LogP contribution in [-0.4, -0.2) is 35.0 Å². The minimum atomic E-state index is -1.18. The second-order valence-electron chi connectivity index (χ2n) is 3.94. The van der Waals surface area contributed by atoms with Gasteiger partial charge >= 0.3 is 12.0 Å². The number of nitrogens with zero attached hydrogens (tertiary/aromatic N) is 1. The van der Waals surface area contributed by atoms with Crippen LogP contribution >= 0.6 is 0 Å². The van der Waals surface area contributed by atoms with Gasteiger partial charge in [0, 0.05) is 13.5 Å². The average Bonchev–Trinajstić information content (AvgIpc) is 2.43. The normalized spacial score (nSPS) is 11.5. The molecule has 6 nitrogen and oxygen atoms in total. The molecule has 0 saturated heterocycles. The van der Waals surface area contributed by atoms with Crippen LogP contribution in [0.2, 0.25) is 0 Å². The Kier molecular flexibility index (Phi) is 5.05. The molecule has 2 N–H and O–H groups in total.